The molecule has 3 aromatic heterocycles. The Morgan fingerprint density at radius 2 is 2.19 bits per heavy atom. The second-order valence-corrected chi connectivity index (χ2v) is 6.19. The number of nitrogens with zero attached hydrogens (tertiary/aromatic N) is 4. The molecule has 0 saturated carbocycles. The molecule has 27 heavy (non-hydrogen) atoms. The van der Waals surface area contributed by atoms with Crippen LogP contribution in [-0.2, 0) is 6.61 Å². The number of halogens is 1. The lowest BCUT2D eigenvalue weighted by atomic mass is 10.1. The zero-order chi connectivity index (χ0) is 19.0. The van der Waals surface area contributed by atoms with Crippen LogP contribution < -0.4 is 4.74 Å². The van der Waals surface area contributed by atoms with E-state index in [1.165, 1.54) is 12.4 Å². The van der Waals surface area contributed by atoms with Gasteiger partial charge in [-0.3, -0.25) is 0 Å². The molecule has 136 valence electrons. The Morgan fingerprint density at radius 3 is 2.93 bits per heavy atom. The molecule has 0 unspecified atom stereocenters. The first-order valence-corrected chi connectivity index (χ1v) is 8.32. The van der Waals surface area contributed by atoms with E-state index in [4.69, 9.17) is 20.9 Å². The fourth-order valence-electron chi connectivity index (χ4n) is 2.72. The van der Waals surface area contributed by atoms with E-state index in [0.29, 0.717) is 33.2 Å². The van der Waals surface area contributed by atoms with Gasteiger partial charge in [0.25, 0.3) is 0 Å². The number of aromatic nitrogens is 4. The van der Waals surface area contributed by atoms with Crippen molar-refractivity contribution in [2.24, 2.45) is 0 Å². The molecular formula is C18H13ClN4O4. The summed E-state index contributed by atoms with van der Waals surface area (Å²) in [7, 11) is 0. The molecule has 9 heteroatoms. The van der Waals surface area contributed by atoms with Crippen LogP contribution in [0.25, 0.3) is 22.4 Å². The molecule has 1 aromatic carbocycles. The minimum Gasteiger partial charge on any atom is -0.486 e. The number of rotatable bonds is 4. The molecule has 8 nitrogen and oxygen atoms in total. The first kappa shape index (κ1) is 17.0. The Kier molecular flexibility index (Phi) is 4.25. The van der Waals surface area contributed by atoms with Gasteiger partial charge >= 0.3 is 6.09 Å². The van der Waals surface area contributed by atoms with E-state index in [1.807, 2.05) is 6.92 Å². The third kappa shape index (κ3) is 3.11. The maximum absolute atomic E-state index is 11.4. The third-order valence-electron chi connectivity index (χ3n) is 4.03. The van der Waals surface area contributed by atoms with Gasteiger partial charge in [-0.05, 0) is 36.8 Å². The highest BCUT2D eigenvalue weighted by Crippen LogP contribution is 2.35. The number of ether oxygens (including phenoxy) is 1. The molecule has 0 aliphatic rings. The van der Waals surface area contributed by atoms with E-state index in [1.54, 1.807) is 30.3 Å². The van der Waals surface area contributed by atoms with Gasteiger partial charge in [0.2, 0.25) is 0 Å². The largest absolute Gasteiger partial charge is 0.486 e. The van der Waals surface area contributed by atoms with E-state index >= 15 is 0 Å². The summed E-state index contributed by atoms with van der Waals surface area (Å²) in [6.45, 7) is 1.91. The molecular weight excluding hydrogens is 372 g/mol. The van der Waals surface area contributed by atoms with Gasteiger partial charge in [0.1, 0.15) is 18.1 Å². The van der Waals surface area contributed by atoms with Crippen LogP contribution >= 0.6 is 11.6 Å². The first-order valence-electron chi connectivity index (χ1n) is 7.94. The molecule has 0 aliphatic carbocycles. The molecule has 0 saturated heterocycles. The molecule has 1 N–H and O–H groups in total. The van der Waals surface area contributed by atoms with E-state index in [2.05, 4.69) is 15.2 Å². The highest BCUT2D eigenvalue weighted by atomic mass is 35.5. The molecule has 4 rings (SSSR count). The van der Waals surface area contributed by atoms with Crippen LogP contribution in [0, 0.1) is 6.92 Å². The van der Waals surface area contributed by atoms with Crippen LogP contribution in [0.5, 0.6) is 5.75 Å². The number of hydrogen-bond acceptors (Lipinski definition) is 6. The van der Waals surface area contributed by atoms with Gasteiger partial charge in [-0.25, -0.2) is 9.78 Å². The van der Waals surface area contributed by atoms with Gasteiger partial charge in [-0.2, -0.15) is 5.10 Å². The number of benzene rings is 1. The second kappa shape index (κ2) is 6.73. The molecule has 4 aromatic rings. The van der Waals surface area contributed by atoms with Crippen molar-refractivity contribution in [2.75, 3.05) is 0 Å². The van der Waals surface area contributed by atoms with Gasteiger partial charge in [0.05, 0.1) is 11.8 Å². The maximum Gasteiger partial charge on any atom is 0.434 e. The normalized spacial score (nSPS) is 11.0. The molecule has 0 fully saturated rings. The number of pyridine rings is 1. The van der Waals surface area contributed by atoms with Gasteiger partial charge in [0.15, 0.2) is 11.4 Å². The van der Waals surface area contributed by atoms with Crippen molar-refractivity contribution in [1.29, 1.82) is 0 Å². The van der Waals surface area contributed by atoms with Crippen LogP contribution in [0.4, 0.5) is 4.79 Å². The number of carboxylic acid groups (broad SMARTS) is 1. The summed E-state index contributed by atoms with van der Waals surface area (Å²) in [6, 6.07) is 8.69. The fourth-order valence-corrected chi connectivity index (χ4v) is 2.88. The van der Waals surface area contributed by atoms with E-state index in [9.17, 15) is 9.90 Å². The zero-order valence-corrected chi connectivity index (χ0v) is 14.8. The SMILES string of the molecule is Cc1cc(OCc2nn(C(=O)O)c3ncccc23)c(-c2ccno2)cc1Cl. The highest BCUT2D eigenvalue weighted by Gasteiger charge is 2.18. The highest BCUT2D eigenvalue weighted by molar-refractivity contribution is 6.31. The van der Waals surface area contributed by atoms with Gasteiger partial charge in [-0.15, -0.1) is 4.68 Å². The van der Waals surface area contributed by atoms with Crippen molar-refractivity contribution in [1.82, 2.24) is 19.9 Å². The lowest BCUT2D eigenvalue weighted by molar-refractivity contribution is 0.193. The number of hydrogen-bond donors (Lipinski definition) is 1. The topological polar surface area (TPSA) is 103 Å². The molecule has 0 aliphatic heterocycles. The summed E-state index contributed by atoms with van der Waals surface area (Å²) in [4.78, 5) is 15.5. The summed E-state index contributed by atoms with van der Waals surface area (Å²) in [5.74, 6) is 1.03. The van der Waals surface area contributed by atoms with Gasteiger partial charge in [-0.1, -0.05) is 16.8 Å². The average molecular weight is 385 g/mol. The van der Waals surface area contributed by atoms with Crippen molar-refractivity contribution in [2.45, 2.75) is 13.5 Å². The van der Waals surface area contributed by atoms with Crippen LogP contribution in [0.2, 0.25) is 5.02 Å². The van der Waals surface area contributed by atoms with Crippen LogP contribution in [-0.4, -0.2) is 31.1 Å². The number of aryl methyl sites for hydroxylation is 1. The van der Waals surface area contributed by atoms with E-state index < -0.39 is 6.09 Å². The van der Waals surface area contributed by atoms with Crippen LogP contribution in [0.1, 0.15) is 11.3 Å². The van der Waals surface area contributed by atoms with E-state index in [-0.39, 0.29) is 12.3 Å². The summed E-state index contributed by atoms with van der Waals surface area (Å²) >= 11 is 6.23. The Morgan fingerprint density at radius 1 is 1.33 bits per heavy atom. The van der Waals surface area contributed by atoms with Crippen molar-refractivity contribution in [3.05, 3.63) is 59.0 Å². The standard InChI is InChI=1S/C18H13ClN4O4/c1-10-7-16(12(8-13(10)19)15-4-6-21-27-15)26-9-14-11-3-2-5-20-17(11)23(22-14)18(24)25/h2-8H,9H2,1H3,(H,24,25). The minimum atomic E-state index is -1.21. The summed E-state index contributed by atoms with van der Waals surface area (Å²) in [5, 5.41) is 18.3. The maximum atomic E-state index is 11.4. The first-order chi connectivity index (χ1) is 13.0. The van der Waals surface area contributed by atoms with Crippen molar-refractivity contribution in [3.8, 4) is 17.1 Å². The van der Waals surface area contributed by atoms with Gasteiger partial charge in [0, 0.05) is 22.7 Å². The molecule has 0 atom stereocenters. The minimum absolute atomic E-state index is 0.0463. The Hall–Kier alpha value is -3.39. The summed E-state index contributed by atoms with van der Waals surface area (Å²) in [5.41, 5.74) is 2.18. The van der Waals surface area contributed by atoms with Crippen LogP contribution in [0.15, 0.2) is 47.2 Å². The molecule has 0 spiro atoms. The molecule has 0 amide bonds. The lowest BCUT2D eigenvalue weighted by Crippen LogP contribution is -2.10. The smallest absolute Gasteiger partial charge is 0.434 e. The molecule has 0 radical (unpaired) electrons. The van der Waals surface area contributed by atoms with Crippen molar-refractivity contribution < 1.29 is 19.2 Å². The molecule has 3 heterocycles. The Bertz CT molecular complexity index is 1140. The number of carbonyl (C=O) groups is 1. The predicted molar refractivity (Wildman–Crippen MR) is 97.0 cm³/mol. The van der Waals surface area contributed by atoms with E-state index in [0.717, 1.165) is 10.2 Å². The van der Waals surface area contributed by atoms with Gasteiger partial charge < -0.3 is 14.4 Å². The fraction of sp³-hybridized carbons (Fsp3) is 0.111. The summed E-state index contributed by atoms with van der Waals surface area (Å²) in [6.07, 6.45) is 1.83. The van der Waals surface area contributed by atoms with Crippen LogP contribution in [0.3, 0.4) is 0 Å². The lowest BCUT2D eigenvalue weighted by Gasteiger charge is -2.11. The summed E-state index contributed by atoms with van der Waals surface area (Å²) < 4.78 is 12.0. The monoisotopic (exact) mass is 384 g/mol. The second-order valence-electron chi connectivity index (χ2n) is 5.78. The zero-order valence-electron chi connectivity index (χ0n) is 14.1. The quantitative estimate of drug-likeness (QED) is 0.563. The number of fused-ring (bicyclic) bond motifs is 1. The van der Waals surface area contributed by atoms with Crippen molar-refractivity contribution >= 4 is 28.7 Å². The van der Waals surface area contributed by atoms with Crippen molar-refractivity contribution in [3.63, 3.8) is 0 Å². The Balaban J connectivity index is 1.72. The Labute approximate surface area is 157 Å². The predicted octanol–water partition coefficient (Wildman–Crippen LogP) is 4.15. The molecule has 0 bridgehead atoms. The third-order valence-corrected chi connectivity index (χ3v) is 4.44. The average Bonchev–Trinajstić information content (AvgIpc) is 3.30.